The Morgan fingerprint density at radius 3 is 1.37 bits per heavy atom. The highest BCUT2D eigenvalue weighted by Crippen LogP contribution is 2.30. The normalized spacial score (nSPS) is 10.4. The molecule has 0 unspecified atom stereocenters. The van der Waals surface area contributed by atoms with Gasteiger partial charge < -0.3 is 0 Å². The summed E-state index contributed by atoms with van der Waals surface area (Å²) in [6.07, 6.45) is 0. The maximum Gasteiger partial charge on any atom is 0.255 e. The number of aromatic nitrogens is 4. The monoisotopic (exact) mass is 938 g/mol. The highest BCUT2D eigenvalue weighted by atomic mass is 35.5. The Morgan fingerprint density at radius 1 is 0.476 bits per heavy atom. The number of halogens is 10. The minimum absolute atomic E-state index is 0.0664. The van der Waals surface area contributed by atoms with Gasteiger partial charge in [0.1, 0.15) is 34.9 Å². The molecule has 0 radical (unpaired) electrons. The fourth-order valence-electron chi connectivity index (χ4n) is 5.70. The van der Waals surface area contributed by atoms with E-state index >= 15 is 0 Å². The van der Waals surface area contributed by atoms with Crippen LogP contribution in [-0.2, 0) is 14.1 Å². The van der Waals surface area contributed by atoms with Gasteiger partial charge >= 0.3 is 0 Å². The van der Waals surface area contributed by atoms with Gasteiger partial charge in [0, 0.05) is 69.6 Å². The number of ketones is 1. The topological polar surface area (TPSA) is 69.8 Å². The van der Waals surface area contributed by atoms with Crippen LogP contribution in [0, 0.1) is 34.9 Å². The first kappa shape index (κ1) is 47.9. The molecule has 16 heteroatoms. The van der Waals surface area contributed by atoms with Gasteiger partial charge in [-0.2, -0.15) is 10.2 Å². The number of nitrogens with zero attached hydrogens (tertiary/aromatic N) is 4. The molecule has 0 aliphatic carbocycles. The maximum absolute atomic E-state index is 13.9. The van der Waals surface area contributed by atoms with Gasteiger partial charge in [-0.3, -0.25) is 19.0 Å². The van der Waals surface area contributed by atoms with Crippen LogP contribution in [0.15, 0.2) is 140 Å². The first-order valence-electron chi connectivity index (χ1n) is 18.3. The predicted octanol–water partition coefficient (Wildman–Crippen LogP) is 14.3. The van der Waals surface area contributed by atoms with E-state index < -0.39 is 40.1 Å². The van der Waals surface area contributed by atoms with E-state index in [-0.39, 0.29) is 16.9 Å². The summed E-state index contributed by atoms with van der Waals surface area (Å²) < 4.78 is 81.7. The van der Waals surface area contributed by atoms with Crippen molar-refractivity contribution in [1.29, 1.82) is 0 Å². The SMILES string of the molecule is CC(=O)c1ccc(Cl)cc1.Cn1nc(-c2ccc(Cl)cc2)cc1-c1ccc(F)cc1F.Cn1nc(-c2ccc(F)cc2F)cc1-c1ccc(Cl)cc1.O=C(Cl)c1ccc(F)cc1F. The van der Waals surface area contributed by atoms with Crippen molar-refractivity contribution in [3.05, 3.63) is 201 Å². The van der Waals surface area contributed by atoms with Crippen molar-refractivity contribution in [2.75, 3.05) is 0 Å². The molecule has 8 aromatic rings. The van der Waals surface area contributed by atoms with Crippen LogP contribution in [0.1, 0.15) is 27.6 Å². The molecule has 63 heavy (non-hydrogen) atoms. The molecule has 0 aliphatic rings. The lowest BCUT2D eigenvalue weighted by Crippen LogP contribution is -1.96. The van der Waals surface area contributed by atoms with Gasteiger partial charge in [0.25, 0.3) is 5.24 Å². The summed E-state index contributed by atoms with van der Waals surface area (Å²) in [6, 6.07) is 34.4. The molecule has 0 saturated carbocycles. The van der Waals surface area contributed by atoms with Crippen molar-refractivity contribution in [2.24, 2.45) is 14.1 Å². The quantitative estimate of drug-likeness (QED) is 0.0946. The second-order valence-electron chi connectivity index (χ2n) is 13.3. The number of hydrogen-bond acceptors (Lipinski definition) is 4. The van der Waals surface area contributed by atoms with Crippen molar-refractivity contribution in [3.8, 4) is 45.0 Å². The van der Waals surface area contributed by atoms with Gasteiger partial charge in [0.05, 0.1) is 28.3 Å². The molecular weight excluding hydrogens is 908 g/mol. The van der Waals surface area contributed by atoms with Crippen molar-refractivity contribution in [2.45, 2.75) is 6.92 Å². The first-order valence-corrected chi connectivity index (χ1v) is 19.8. The molecule has 0 fully saturated rings. The Labute approximate surface area is 377 Å². The van der Waals surface area contributed by atoms with Crippen LogP contribution < -0.4 is 0 Å². The van der Waals surface area contributed by atoms with Gasteiger partial charge in [0.2, 0.25) is 0 Å². The van der Waals surface area contributed by atoms with E-state index in [9.17, 15) is 35.9 Å². The lowest BCUT2D eigenvalue weighted by molar-refractivity contribution is 0.101. The predicted molar refractivity (Wildman–Crippen MR) is 236 cm³/mol. The van der Waals surface area contributed by atoms with Crippen LogP contribution in [0.2, 0.25) is 15.1 Å². The molecule has 0 N–H and O–H groups in total. The number of aryl methyl sites for hydroxylation is 2. The molecule has 0 spiro atoms. The highest BCUT2D eigenvalue weighted by molar-refractivity contribution is 6.67. The third kappa shape index (κ3) is 13.2. The van der Waals surface area contributed by atoms with E-state index in [0.717, 1.165) is 41.1 Å². The van der Waals surface area contributed by atoms with Crippen molar-refractivity contribution in [1.82, 2.24) is 19.6 Å². The van der Waals surface area contributed by atoms with Crippen LogP contribution in [0.4, 0.5) is 26.3 Å². The highest BCUT2D eigenvalue weighted by Gasteiger charge is 2.15. The molecule has 8 rings (SSSR count). The van der Waals surface area contributed by atoms with Crippen LogP contribution >= 0.6 is 46.4 Å². The van der Waals surface area contributed by atoms with Gasteiger partial charge in [-0.1, -0.05) is 59.1 Å². The van der Waals surface area contributed by atoms with E-state index in [1.807, 2.05) is 24.3 Å². The van der Waals surface area contributed by atoms with E-state index in [4.69, 9.17) is 46.4 Å². The standard InChI is InChI=1S/2C16H11ClF2N2.C8H7ClO.C7H3ClF2O/c1-21-16(10-2-4-11(17)5-3-10)9-15(20-21)13-7-6-12(18)8-14(13)19;1-21-16(13-7-6-12(18)8-14(13)19)9-15(20-21)10-2-4-11(17)5-3-10;1-6(10)7-2-4-8(9)5-3-7;8-7(11)5-2-1-4(9)3-6(5)10/h2*2-9H,1H3;2-5H,1H3;1-3H. The molecule has 6 aromatic carbocycles. The Kier molecular flexibility index (Phi) is 16.5. The minimum atomic E-state index is -0.940. The Balaban J connectivity index is 0.000000167. The lowest BCUT2D eigenvalue weighted by atomic mass is 10.1. The minimum Gasteiger partial charge on any atom is -0.295 e. The van der Waals surface area contributed by atoms with Gasteiger partial charge in [-0.25, -0.2) is 26.3 Å². The van der Waals surface area contributed by atoms with Gasteiger partial charge in [0.15, 0.2) is 5.78 Å². The summed E-state index contributed by atoms with van der Waals surface area (Å²) in [5.74, 6) is -4.05. The average molecular weight is 941 g/mol. The zero-order chi connectivity index (χ0) is 46.0. The number of rotatable bonds is 6. The Morgan fingerprint density at radius 2 is 0.889 bits per heavy atom. The van der Waals surface area contributed by atoms with E-state index in [1.54, 1.807) is 84.1 Å². The molecule has 0 atom stereocenters. The Hall–Kier alpha value is -6.18. The second kappa shape index (κ2) is 21.8. The third-order valence-electron chi connectivity index (χ3n) is 8.85. The summed E-state index contributed by atoms with van der Waals surface area (Å²) in [7, 11) is 3.49. The van der Waals surface area contributed by atoms with Crippen molar-refractivity contribution >= 4 is 57.4 Å². The number of Topliss-reactive ketones (excluding diaryl/α,β-unsaturated/α-hetero) is 1. The fraction of sp³-hybridized carbons (Fsp3) is 0.0638. The molecule has 322 valence electrons. The van der Waals surface area contributed by atoms with Crippen molar-refractivity contribution < 1.29 is 35.9 Å². The van der Waals surface area contributed by atoms with Crippen LogP contribution in [0.3, 0.4) is 0 Å². The molecule has 0 bridgehead atoms. The van der Waals surface area contributed by atoms with E-state index in [0.29, 0.717) is 49.3 Å². The third-order valence-corrected chi connectivity index (χ3v) is 9.81. The van der Waals surface area contributed by atoms with Gasteiger partial charge in [-0.05, 0) is 121 Å². The number of carbonyl (C=O) groups is 2. The molecule has 2 heterocycles. The smallest absolute Gasteiger partial charge is 0.255 e. The molecule has 0 aliphatic heterocycles. The maximum atomic E-state index is 13.9. The summed E-state index contributed by atoms with van der Waals surface area (Å²) in [6.45, 7) is 1.53. The largest absolute Gasteiger partial charge is 0.295 e. The lowest BCUT2D eigenvalue weighted by Gasteiger charge is -2.03. The number of hydrogen-bond donors (Lipinski definition) is 0. The number of carbonyl (C=O) groups excluding carboxylic acids is 2. The summed E-state index contributed by atoms with van der Waals surface area (Å²) >= 11 is 22.3. The number of benzene rings is 6. The molecule has 0 saturated heterocycles. The summed E-state index contributed by atoms with van der Waals surface area (Å²) in [5, 5.41) is 9.67. The zero-order valence-electron chi connectivity index (χ0n) is 33.2. The second-order valence-corrected chi connectivity index (χ2v) is 15.0. The molecule has 2 aromatic heterocycles. The summed E-state index contributed by atoms with van der Waals surface area (Å²) in [4.78, 5) is 21.1. The zero-order valence-corrected chi connectivity index (χ0v) is 36.2. The fourth-order valence-corrected chi connectivity index (χ4v) is 6.23. The van der Waals surface area contributed by atoms with E-state index in [1.165, 1.54) is 31.2 Å². The van der Waals surface area contributed by atoms with Crippen LogP contribution in [0.5, 0.6) is 0 Å². The summed E-state index contributed by atoms with van der Waals surface area (Å²) in [5.41, 5.74) is 5.33. The first-order chi connectivity index (χ1) is 29.9. The van der Waals surface area contributed by atoms with E-state index in [2.05, 4.69) is 10.2 Å². The Bertz CT molecular complexity index is 2870. The molecule has 6 nitrogen and oxygen atoms in total. The van der Waals surface area contributed by atoms with Crippen LogP contribution in [0.25, 0.3) is 45.0 Å². The molecule has 0 amide bonds. The average Bonchev–Trinajstić information content (AvgIpc) is 3.81. The van der Waals surface area contributed by atoms with Crippen LogP contribution in [-0.4, -0.2) is 30.6 Å². The van der Waals surface area contributed by atoms with Crippen molar-refractivity contribution in [3.63, 3.8) is 0 Å². The van der Waals surface area contributed by atoms with Gasteiger partial charge in [-0.15, -0.1) is 0 Å². The molecular formula is C47H32Cl4F6N4O2.